The summed E-state index contributed by atoms with van der Waals surface area (Å²) in [6.45, 7) is 6.46. The summed E-state index contributed by atoms with van der Waals surface area (Å²) in [7, 11) is 0. The molecule has 0 saturated carbocycles. The lowest BCUT2D eigenvalue weighted by atomic mass is 10.2. The van der Waals surface area contributed by atoms with Crippen LogP contribution < -0.4 is 10.1 Å². The van der Waals surface area contributed by atoms with Crippen molar-refractivity contribution in [3.05, 3.63) is 52.2 Å². The molecule has 1 aromatic heterocycles. The highest BCUT2D eigenvalue weighted by atomic mass is 32.1. The van der Waals surface area contributed by atoms with E-state index >= 15 is 0 Å². The molecular weight excluding hydrogens is 362 g/mol. The summed E-state index contributed by atoms with van der Waals surface area (Å²) in [5.74, 6) is 0.712. The molecule has 3 rings (SSSR count). The van der Waals surface area contributed by atoms with Crippen LogP contribution in [-0.4, -0.2) is 67.5 Å². The van der Waals surface area contributed by atoms with Gasteiger partial charge in [0.1, 0.15) is 5.75 Å². The highest BCUT2D eigenvalue weighted by Crippen LogP contribution is 2.12. The third kappa shape index (κ3) is 5.80. The molecule has 1 aromatic carbocycles. The molecule has 0 aliphatic carbocycles. The Balaban J connectivity index is 1.33. The lowest BCUT2D eigenvalue weighted by Gasteiger charge is -2.34. The molecule has 7 heteroatoms. The SMILES string of the molecule is Cc1cccc(OCC(=O)N2CCN(CCNC(=O)c3ccsc3)CC2)c1. The maximum absolute atomic E-state index is 12.3. The Kier molecular flexibility index (Phi) is 6.84. The molecule has 0 spiro atoms. The number of rotatable bonds is 7. The maximum Gasteiger partial charge on any atom is 0.260 e. The fraction of sp³-hybridized carbons (Fsp3) is 0.400. The molecule has 2 aromatic rings. The summed E-state index contributed by atoms with van der Waals surface area (Å²) in [6, 6.07) is 9.53. The van der Waals surface area contributed by atoms with Crippen molar-refractivity contribution >= 4 is 23.2 Å². The minimum Gasteiger partial charge on any atom is -0.484 e. The number of piperazine rings is 1. The van der Waals surface area contributed by atoms with Gasteiger partial charge in [-0.2, -0.15) is 11.3 Å². The number of aryl methyl sites for hydroxylation is 1. The van der Waals surface area contributed by atoms with Crippen molar-refractivity contribution in [3.8, 4) is 5.75 Å². The van der Waals surface area contributed by atoms with Crippen LogP contribution in [0.15, 0.2) is 41.1 Å². The molecule has 1 aliphatic rings. The Morgan fingerprint density at radius 2 is 2.00 bits per heavy atom. The van der Waals surface area contributed by atoms with E-state index < -0.39 is 0 Å². The fourth-order valence-corrected chi connectivity index (χ4v) is 3.62. The summed E-state index contributed by atoms with van der Waals surface area (Å²) in [6.07, 6.45) is 0. The number of nitrogens with zero attached hydrogens (tertiary/aromatic N) is 2. The molecule has 1 saturated heterocycles. The Morgan fingerprint density at radius 3 is 2.70 bits per heavy atom. The number of benzene rings is 1. The van der Waals surface area contributed by atoms with Crippen LogP contribution in [-0.2, 0) is 4.79 Å². The van der Waals surface area contributed by atoms with E-state index in [0.717, 1.165) is 30.9 Å². The van der Waals surface area contributed by atoms with E-state index in [-0.39, 0.29) is 18.4 Å². The molecule has 0 atom stereocenters. The second-order valence-electron chi connectivity index (χ2n) is 6.60. The Morgan fingerprint density at radius 1 is 1.19 bits per heavy atom. The van der Waals surface area contributed by atoms with Gasteiger partial charge in [-0.1, -0.05) is 12.1 Å². The first-order valence-corrected chi connectivity index (χ1v) is 10.1. The van der Waals surface area contributed by atoms with E-state index in [1.165, 1.54) is 11.3 Å². The third-order valence-electron chi connectivity index (χ3n) is 4.57. The number of carbonyl (C=O) groups is 2. The first kappa shape index (κ1) is 19.4. The van der Waals surface area contributed by atoms with Crippen LogP contribution in [0, 0.1) is 6.92 Å². The van der Waals surface area contributed by atoms with Gasteiger partial charge in [-0.05, 0) is 36.1 Å². The van der Waals surface area contributed by atoms with Crippen LogP contribution in [0.4, 0.5) is 0 Å². The van der Waals surface area contributed by atoms with Gasteiger partial charge in [0, 0.05) is 50.2 Å². The third-order valence-corrected chi connectivity index (χ3v) is 5.26. The van der Waals surface area contributed by atoms with E-state index in [9.17, 15) is 9.59 Å². The Labute approximate surface area is 163 Å². The summed E-state index contributed by atoms with van der Waals surface area (Å²) in [5, 5.41) is 6.68. The van der Waals surface area contributed by atoms with Crippen LogP contribution >= 0.6 is 11.3 Å². The second-order valence-corrected chi connectivity index (χ2v) is 7.38. The Bertz CT molecular complexity index is 756. The molecule has 2 heterocycles. The average molecular weight is 388 g/mol. The lowest BCUT2D eigenvalue weighted by molar-refractivity contribution is -0.135. The molecule has 144 valence electrons. The van der Waals surface area contributed by atoms with Gasteiger partial charge < -0.3 is 15.0 Å². The van der Waals surface area contributed by atoms with Gasteiger partial charge >= 0.3 is 0 Å². The number of amides is 2. The van der Waals surface area contributed by atoms with Gasteiger partial charge in [-0.3, -0.25) is 14.5 Å². The van der Waals surface area contributed by atoms with Crippen molar-refractivity contribution in [2.75, 3.05) is 45.9 Å². The number of hydrogen-bond donors (Lipinski definition) is 1. The van der Waals surface area contributed by atoms with E-state index in [0.29, 0.717) is 25.2 Å². The molecule has 1 aliphatic heterocycles. The summed E-state index contributed by atoms with van der Waals surface area (Å²) in [5.41, 5.74) is 1.82. The molecule has 27 heavy (non-hydrogen) atoms. The van der Waals surface area contributed by atoms with Crippen LogP contribution in [0.25, 0.3) is 0 Å². The molecule has 0 bridgehead atoms. The van der Waals surface area contributed by atoms with E-state index in [1.54, 1.807) is 0 Å². The predicted molar refractivity (Wildman–Crippen MR) is 106 cm³/mol. The molecule has 1 N–H and O–H groups in total. The molecule has 0 radical (unpaired) electrons. The normalized spacial score (nSPS) is 14.8. The number of hydrogen-bond acceptors (Lipinski definition) is 5. The van der Waals surface area contributed by atoms with Crippen molar-refractivity contribution in [2.45, 2.75) is 6.92 Å². The molecular formula is C20H25N3O3S. The van der Waals surface area contributed by atoms with Crippen molar-refractivity contribution in [3.63, 3.8) is 0 Å². The average Bonchev–Trinajstić information content (AvgIpc) is 3.21. The van der Waals surface area contributed by atoms with Gasteiger partial charge in [0.15, 0.2) is 6.61 Å². The van der Waals surface area contributed by atoms with Crippen molar-refractivity contribution in [2.24, 2.45) is 0 Å². The van der Waals surface area contributed by atoms with Crippen LogP contribution in [0.2, 0.25) is 0 Å². The number of carbonyl (C=O) groups excluding carboxylic acids is 2. The number of thiophene rings is 1. The molecule has 0 unspecified atom stereocenters. The highest BCUT2D eigenvalue weighted by Gasteiger charge is 2.21. The number of ether oxygens (including phenoxy) is 1. The van der Waals surface area contributed by atoms with Crippen LogP contribution in [0.5, 0.6) is 5.75 Å². The zero-order valence-corrected chi connectivity index (χ0v) is 16.3. The van der Waals surface area contributed by atoms with Gasteiger partial charge in [0.25, 0.3) is 11.8 Å². The first-order chi connectivity index (χ1) is 13.1. The summed E-state index contributed by atoms with van der Waals surface area (Å²) < 4.78 is 5.60. The predicted octanol–water partition coefficient (Wildman–Crippen LogP) is 2.01. The van der Waals surface area contributed by atoms with Gasteiger partial charge in [0.05, 0.1) is 0 Å². The van der Waals surface area contributed by atoms with E-state index in [1.807, 2.05) is 52.9 Å². The quantitative estimate of drug-likeness (QED) is 0.790. The van der Waals surface area contributed by atoms with Crippen molar-refractivity contribution < 1.29 is 14.3 Å². The second kappa shape index (κ2) is 9.53. The summed E-state index contributed by atoms with van der Waals surface area (Å²) in [4.78, 5) is 28.3. The van der Waals surface area contributed by atoms with Crippen LogP contribution in [0.3, 0.4) is 0 Å². The summed E-state index contributed by atoms with van der Waals surface area (Å²) >= 11 is 1.52. The van der Waals surface area contributed by atoms with Crippen LogP contribution in [0.1, 0.15) is 15.9 Å². The van der Waals surface area contributed by atoms with Crippen molar-refractivity contribution in [1.82, 2.24) is 15.1 Å². The smallest absolute Gasteiger partial charge is 0.260 e. The topological polar surface area (TPSA) is 61.9 Å². The minimum absolute atomic E-state index is 0.0157. The molecule has 1 fully saturated rings. The van der Waals surface area contributed by atoms with Gasteiger partial charge in [-0.25, -0.2) is 0 Å². The monoisotopic (exact) mass is 387 g/mol. The zero-order valence-electron chi connectivity index (χ0n) is 15.5. The fourth-order valence-electron chi connectivity index (χ4n) is 2.99. The Hall–Kier alpha value is -2.38. The highest BCUT2D eigenvalue weighted by molar-refractivity contribution is 7.08. The maximum atomic E-state index is 12.3. The molecule has 2 amide bonds. The zero-order chi connectivity index (χ0) is 19.1. The molecule has 6 nitrogen and oxygen atoms in total. The van der Waals surface area contributed by atoms with Crippen molar-refractivity contribution in [1.29, 1.82) is 0 Å². The van der Waals surface area contributed by atoms with E-state index in [4.69, 9.17) is 4.74 Å². The minimum atomic E-state index is -0.0293. The number of nitrogens with one attached hydrogen (secondary N) is 1. The van der Waals surface area contributed by atoms with Gasteiger partial charge in [0.2, 0.25) is 0 Å². The van der Waals surface area contributed by atoms with E-state index in [2.05, 4.69) is 10.2 Å². The first-order valence-electron chi connectivity index (χ1n) is 9.12. The lowest BCUT2D eigenvalue weighted by Crippen LogP contribution is -2.51. The largest absolute Gasteiger partial charge is 0.484 e. The standard InChI is InChI=1S/C20H25N3O3S/c1-16-3-2-4-18(13-16)26-14-19(24)23-10-8-22(9-11-23)7-6-21-20(25)17-5-12-27-15-17/h2-5,12-13,15H,6-11,14H2,1H3,(H,21,25). The van der Waals surface area contributed by atoms with Gasteiger partial charge in [-0.15, -0.1) is 0 Å².